The Hall–Kier alpha value is -1.96. The highest BCUT2D eigenvalue weighted by Gasteiger charge is 2.35. The van der Waals surface area contributed by atoms with Crippen molar-refractivity contribution < 1.29 is 19.1 Å². The Kier molecular flexibility index (Phi) is 4.69. The van der Waals surface area contributed by atoms with Crippen molar-refractivity contribution in [3.05, 3.63) is 61.9 Å². The van der Waals surface area contributed by atoms with Crippen LogP contribution in [0.5, 0.6) is 11.5 Å². The van der Waals surface area contributed by atoms with Crippen molar-refractivity contribution in [2.24, 2.45) is 0 Å². The van der Waals surface area contributed by atoms with E-state index in [2.05, 4.69) is 15.9 Å². The maximum Gasteiger partial charge on any atom is 0.293 e. The molecule has 26 heavy (non-hydrogen) atoms. The molecule has 0 radical (unpaired) electrons. The van der Waals surface area contributed by atoms with Gasteiger partial charge in [-0.2, -0.15) is 0 Å². The highest BCUT2D eigenvalue weighted by atomic mass is 79.9. The average Bonchev–Trinajstić information content (AvgIpc) is 3.16. The lowest BCUT2D eigenvalue weighted by molar-refractivity contribution is -0.123. The molecule has 0 N–H and O–H groups in total. The lowest BCUT2D eigenvalue weighted by atomic mass is 10.1. The zero-order valence-corrected chi connectivity index (χ0v) is 16.4. The van der Waals surface area contributed by atoms with Crippen molar-refractivity contribution in [2.45, 2.75) is 6.54 Å². The summed E-state index contributed by atoms with van der Waals surface area (Å²) in [5.74, 6) is 0.903. The number of halogens is 2. The van der Waals surface area contributed by atoms with Crippen molar-refractivity contribution >= 4 is 56.5 Å². The number of rotatable bonds is 3. The Morgan fingerprint density at radius 2 is 1.92 bits per heavy atom. The normalized spacial score (nSPS) is 17.5. The van der Waals surface area contributed by atoms with Crippen molar-refractivity contribution in [1.29, 1.82) is 0 Å². The van der Waals surface area contributed by atoms with Gasteiger partial charge in [0.1, 0.15) is 0 Å². The molecule has 1 saturated heterocycles. The SMILES string of the molecule is O=C1S/C(=C\c2cc3c(cc2Br)OCO3)C(=O)N1Cc1ccccc1Cl. The number of hydrogen-bond acceptors (Lipinski definition) is 5. The molecule has 0 spiro atoms. The Labute approximate surface area is 167 Å². The molecular formula is C18H11BrClNO4S. The molecule has 2 aromatic carbocycles. The van der Waals surface area contributed by atoms with Gasteiger partial charge in [-0.15, -0.1) is 0 Å². The van der Waals surface area contributed by atoms with Gasteiger partial charge in [0.2, 0.25) is 6.79 Å². The predicted molar refractivity (Wildman–Crippen MR) is 103 cm³/mol. The third kappa shape index (κ3) is 3.22. The number of carbonyl (C=O) groups is 2. The van der Waals surface area contributed by atoms with Crippen molar-refractivity contribution in [3.8, 4) is 11.5 Å². The third-order valence-corrected chi connectivity index (χ3v) is 5.90. The fraction of sp³-hybridized carbons (Fsp3) is 0.111. The number of thioether (sulfide) groups is 1. The largest absolute Gasteiger partial charge is 0.454 e. The first-order valence-electron chi connectivity index (χ1n) is 7.61. The summed E-state index contributed by atoms with van der Waals surface area (Å²) in [5.41, 5.74) is 1.46. The minimum atomic E-state index is -0.343. The Morgan fingerprint density at radius 1 is 1.19 bits per heavy atom. The van der Waals surface area contributed by atoms with Crippen LogP contribution in [-0.2, 0) is 11.3 Å². The zero-order chi connectivity index (χ0) is 18.3. The smallest absolute Gasteiger partial charge is 0.293 e. The highest BCUT2D eigenvalue weighted by molar-refractivity contribution is 9.10. The number of fused-ring (bicyclic) bond motifs is 1. The Morgan fingerprint density at radius 3 is 2.69 bits per heavy atom. The number of carbonyl (C=O) groups excluding carboxylic acids is 2. The standard InChI is InChI=1S/C18H11BrClNO4S/c19-12-7-15-14(24-9-25-15)5-11(12)6-16-17(22)21(18(23)26-16)8-10-3-1-2-4-13(10)20/h1-7H,8-9H2/b16-6-. The fourth-order valence-electron chi connectivity index (χ4n) is 2.62. The van der Waals surface area contributed by atoms with Crippen LogP contribution in [-0.4, -0.2) is 22.8 Å². The molecule has 0 aliphatic carbocycles. The summed E-state index contributed by atoms with van der Waals surface area (Å²) in [6.45, 7) is 0.309. The molecule has 8 heteroatoms. The van der Waals surface area contributed by atoms with Gasteiger partial charge in [-0.1, -0.05) is 45.7 Å². The molecule has 2 aliphatic rings. The van der Waals surface area contributed by atoms with E-state index in [9.17, 15) is 9.59 Å². The van der Waals surface area contributed by atoms with E-state index in [4.69, 9.17) is 21.1 Å². The first-order chi connectivity index (χ1) is 12.5. The number of imide groups is 1. The summed E-state index contributed by atoms with van der Waals surface area (Å²) in [6.07, 6.45) is 1.67. The van der Waals surface area contributed by atoms with Gasteiger partial charge in [-0.3, -0.25) is 14.5 Å². The van der Waals surface area contributed by atoms with E-state index in [1.165, 1.54) is 4.90 Å². The van der Waals surface area contributed by atoms with Gasteiger partial charge in [0.25, 0.3) is 11.1 Å². The van der Waals surface area contributed by atoms with Crippen LogP contribution in [0.25, 0.3) is 6.08 Å². The second-order valence-corrected chi connectivity index (χ2v) is 7.84. The fourth-order valence-corrected chi connectivity index (χ4v) is 4.08. The van der Waals surface area contributed by atoms with Gasteiger partial charge in [-0.25, -0.2) is 0 Å². The second-order valence-electron chi connectivity index (χ2n) is 5.59. The topological polar surface area (TPSA) is 55.8 Å². The molecule has 0 saturated carbocycles. The van der Waals surface area contributed by atoms with Gasteiger partial charge in [-0.05, 0) is 47.2 Å². The van der Waals surface area contributed by atoms with Gasteiger partial charge < -0.3 is 9.47 Å². The Balaban J connectivity index is 1.61. The molecule has 4 rings (SSSR count). The summed E-state index contributed by atoms with van der Waals surface area (Å²) in [6, 6.07) is 10.7. The minimum absolute atomic E-state index is 0.143. The molecule has 132 valence electrons. The molecule has 0 bridgehead atoms. The molecule has 0 aromatic heterocycles. The average molecular weight is 453 g/mol. The van der Waals surface area contributed by atoms with E-state index in [1.54, 1.807) is 36.4 Å². The molecule has 2 amide bonds. The van der Waals surface area contributed by atoms with Gasteiger partial charge in [0.05, 0.1) is 11.4 Å². The maximum atomic E-state index is 12.7. The van der Waals surface area contributed by atoms with E-state index >= 15 is 0 Å². The van der Waals surface area contributed by atoms with Crippen LogP contribution in [0.4, 0.5) is 4.79 Å². The molecule has 0 unspecified atom stereocenters. The molecule has 2 heterocycles. The summed E-state index contributed by atoms with van der Waals surface area (Å²) in [5, 5.41) is 0.201. The number of benzene rings is 2. The van der Waals surface area contributed by atoms with Gasteiger partial charge in [0.15, 0.2) is 11.5 Å². The number of amides is 2. The lowest BCUT2D eigenvalue weighted by Crippen LogP contribution is -2.27. The molecular weight excluding hydrogens is 442 g/mol. The van der Waals surface area contributed by atoms with Crippen LogP contribution in [0.15, 0.2) is 45.8 Å². The lowest BCUT2D eigenvalue weighted by Gasteiger charge is -2.13. The van der Waals surface area contributed by atoms with Crippen LogP contribution in [0.3, 0.4) is 0 Å². The minimum Gasteiger partial charge on any atom is -0.454 e. The van der Waals surface area contributed by atoms with E-state index in [0.717, 1.165) is 27.4 Å². The Bertz CT molecular complexity index is 962. The summed E-state index contributed by atoms with van der Waals surface area (Å²) in [7, 11) is 0. The van der Waals surface area contributed by atoms with E-state index < -0.39 is 0 Å². The maximum absolute atomic E-state index is 12.7. The first-order valence-corrected chi connectivity index (χ1v) is 9.59. The van der Waals surface area contributed by atoms with Crippen LogP contribution in [0.2, 0.25) is 5.02 Å². The van der Waals surface area contributed by atoms with Crippen molar-refractivity contribution in [1.82, 2.24) is 4.90 Å². The molecule has 2 aliphatic heterocycles. The number of nitrogens with zero attached hydrogens (tertiary/aromatic N) is 1. The molecule has 0 atom stereocenters. The van der Waals surface area contributed by atoms with Crippen LogP contribution >= 0.6 is 39.3 Å². The molecule has 2 aromatic rings. The van der Waals surface area contributed by atoms with Crippen LogP contribution in [0, 0.1) is 0 Å². The monoisotopic (exact) mass is 451 g/mol. The summed E-state index contributed by atoms with van der Waals surface area (Å²) in [4.78, 5) is 26.5. The number of ether oxygens (including phenoxy) is 2. The van der Waals surface area contributed by atoms with Crippen molar-refractivity contribution in [3.63, 3.8) is 0 Å². The molecule has 5 nitrogen and oxygen atoms in total. The second kappa shape index (κ2) is 6.98. The van der Waals surface area contributed by atoms with Gasteiger partial charge in [0, 0.05) is 9.50 Å². The van der Waals surface area contributed by atoms with Gasteiger partial charge >= 0.3 is 0 Å². The number of hydrogen-bond donors (Lipinski definition) is 0. The predicted octanol–water partition coefficient (Wildman–Crippen LogP) is 5.07. The summed E-state index contributed by atoms with van der Waals surface area (Å²) < 4.78 is 11.4. The van der Waals surface area contributed by atoms with Crippen LogP contribution < -0.4 is 9.47 Å². The first kappa shape index (κ1) is 17.5. The third-order valence-electron chi connectivity index (χ3n) is 3.94. The molecule has 1 fully saturated rings. The van der Waals surface area contributed by atoms with E-state index in [1.807, 2.05) is 6.07 Å². The van der Waals surface area contributed by atoms with Crippen LogP contribution in [0.1, 0.15) is 11.1 Å². The quantitative estimate of drug-likeness (QED) is 0.609. The van der Waals surface area contributed by atoms with Crippen molar-refractivity contribution in [2.75, 3.05) is 6.79 Å². The highest BCUT2D eigenvalue weighted by Crippen LogP contribution is 2.40. The van der Waals surface area contributed by atoms with E-state index in [-0.39, 0.29) is 24.5 Å². The summed E-state index contributed by atoms with van der Waals surface area (Å²) >= 11 is 10.5. The van der Waals surface area contributed by atoms with E-state index in [0.29, 0.717) is 21.4 Å². The zero-order valence-electron chi connectivity index (χ0n) is 13.2.